The first-order valence-corrected chi connectivity index (χ1v) is 5.68. The molecule has 0 unspecified atom stereocenters. The van der Waals surface area contributed by atoms with Gasteiger partial charge in [0.2, 0.25) is 5.91 Å². The summed E-state index contributed by atoms with van der Waals surface area (Å²) in [7, 11) is 1.83. The molecular weight excluding hydrogens is 216 g/mol. The Hall–Kier alpha value is -1.78. The molecule has 1 aromatic rings. The molecule has 5 nitrogen and oxygen atoms in total. The fourth-order valence-electron chi connectivity index (χ4n) is 1.42. The van der Waals surface area contributed by atoms with Gasteiger partial charge in [0.05, 0.1) is 24.1 Å². The number of nitrogen functional groups attached to an aromatic ring is 1. The van der Waals surface area contributed by atoms with Crippen LogP contribution in [0.4, 0.5) is 11.4 Å². The van der Waals surface area contributed by atoms with E-state index in [1.807, 2.05) is 11.9 Å². The lowest BCUT2D eigenvalue weighted by Crippen LogP contribution is -2.37. The highest BCUT2D eigenvalue weighted by Crippen LogP contribution is 2.19. The van der Waals surface area contributed by atoms with Gasteiger partial charge < -0.3 is 16.0 Å². The van der Waals surface area contributed by atoms with Crippen molar-refractivity contribution in [2.45, 2.75) is 13.8 Å². The van der Waals surface area contributed by atoms with Gasteiger partial charge in [0, 0.05) is 19.8 Å². The molecule has 5 heteroatoms. The first-order valence-electron chi connectivity index (χ1n) is 5.68. The van der Waals surface area contributed by atoms with Crippen LogP contribution in [0, 0.1) is 5.92 Å². The van der Waals surface area contributed by atoms with E-state index in [1.165, 1.54) is 0 Å². The highest BCUT2D eigenvalue weighted by molar-refractivity contribution is 5.82. The minimum atomic E-state index is -0.00240. The summed E-state index contributed by atoms with van der Waals surface area (Å²) in [5.41, 5.74) is 7.18. The summed E-state index contributed by atoms with van der Waals surface area (Å²) in [5, 5.41) is 2.87. The van der Waals surface area contributed by atoms with Gasteiger partial charge in [0.15, 0.2) is 0 Å². The number of nitrogens with two attached hydrogens (primary N) is 1. The molecule has 1 heterocycles. The maximum Gasteiger partial charge on any atom is 0.239 e. The number of carbonyl (C=O) groups excluding carboxylic acids is 1. The van der Waals surface area contributed by atoms with Crippen LogP contribution in [0.5, 0.6) is 0 Å². The molecule has 0 fully saturated rings. The lowest BCUT2D eigenvalue weighted by atomic mass is 10.2. The first-order chi connectivity index (χ1) is 8.00. The number of pyridine rings is 1. The number of amides is 1. The molecule has 0 atom stereocenters. The Morgan fingerprint density at radius 1 is 1.59 bits per heavy atom. The Bertz CT molecular complexity index is 379. The van der Waals surface area contributed by atoms with Crippen molar-refractivity contribution in [2.75, 3.05) is 30.8 Å². The molecule has 0 aliphatic rings. The summed E-state index contributed by atoms with van der Waals surface area (Å²) < 4.78 is 0. The van der Waals surface area contributed by atoms with Crippen LogP contribution in [0.2, 0.25) is 0 Å². The van der Waals surface area contributed by atoms with Gasteiger partial charge in [0.25, 0.3) is 0 Å². The monoisotopic (exact) mass is 236 g/mol. The zero-order valence-electron chi connectivity index (χ0n) is 10.6. The lowest BCUT2D eigenvalue weighted by Gasteiger charge is -2.20. The van der Waals surface area contributed by atoms with Crippen molar-refractivity contribution in [2.24, 2.45) is 5.92 Å². The zero-order chi connectivity index (χ0) is 12.8. The van der Waals surface area contributed by atoms with Gasteiger partial charge in [-0.2, -0.15) is 0 Å². The second-order valence-electron chi connectivity index (χ2n) is 4.49. The molecule has 0 aliphatic heterocycles. The average molecular weight is 236 g/mol. The number of nitrogens with zero attached hydrogens (tertiary/aromatic N) is 2. The molecule has 0 saturated heterocycles. The van der Waals surface area contributed by atoms with E-state index in [0.717, 1.165) is 5.69 Å². The first kappa shape index (κ1) is 13.3. The number of hydrogen-bond acceptors (Lipinski definition) is 4. The second kappa shape index (κ2) is 6.08. The zero-order valence-corrected chi connectivity index (χ0v) is 10.6. The van der Waals surface area contributed by atoms with Crippen LogP contribution in [0.3, 0.4) is 0 Å². The van der Waals surface area contributed by atoms with Gasteiger partial charge in [-0.3, -0.25) is 9.78 Å². The van der Waals surface area contributed by atoms with Crippen molar-refractivity contribution in [3.8, 4) is 0 Å². The van der Waals surface area contributed by atoms with Gasteiger partial charge >= 0.3 is 0 Å². The topological polar surface area (TPSA) is 71.2 Å². The number of carbonyl (C=O) groups is 1. The van der Waals surface area contributed by atoms with E-state index in [1.54, 1.807) is 18.5 Å². The Labute approximate surface area is 102 Å². The standard InChI is InChI=1S/C12H20N4O/c1-9(2)6-15-12(17)8-16(3)11-4-5-14-7-10(11)13/h4-5,7,9H,6,8,13H2,1-3H3,(H,15,17). The summed E-state index contributed by atoms with van der Waals surface area (Å²) in [6.07, 6.45) is 3.24. The largest absolute Gasteiger partial charge is 0.396 e. The Morgan fingerprint density at radius 2 is 2.29 bits per heavy atom. The van der Waals surface area contributed by atoms with Crippen LogP contribution in [0.15, 0.2) is 18.5 Å². The molecule has 0 aliphatic carbocycles. The van der Waals surface area contributed by atoms with E-state index < -0.39 is 0 Å². The molecule has 0 bridgehead atoms. The van der Waals surface area contributed by atoms with Gasteiger partial charge in [-0.15, -0.1) is 0 Å². The van der Waals surface area contributed by atoms with Gasteiger partial charge in [-0.05, 0) is 12.0 Å². The molecule has 1 amide bonds. The van der Waals surface area contributed by atoms with Crippen molar-refractivity contribution in [3.63, 3.8) is 0 Å². The third-order valence-electron chi connectivity index (χ3n) is 2.33. The normalized spacial score (nSPS) is 10.4. The highest BCUT2D eigenvalue weighted by Gasteiger charge is 2.09. The van der Waals surface area contributed by atoms with Crippen LogP contribution in [-0.4, -0.2) is 31.0 Å². The molecule has 1 rings (SSSR count). The molecular formula is C12H20N4O. The molecule has 0 saturated carbocycles. The van der Waals surface area contributed by atoms with E-state index in [-0.39, 0.29) is 5.91 Å². The molecule has 0 aromatic carbocycles. The molecule has 17 heavy (non-hydrogen) atoms. The van der Waals surface area contributed by atoms with Crippen molar-refractivity contribution in [1.82, 2.24) is 10.3 Å². The highest BCUT2D eigenvalue weighted by atomic mass is 16.2. The average Bonchev–Trinajstić information content (AvgIpc) is 2.26. The van der Waals surface area contributed by atoms with E-state index in [2.05, 4.69) is 24.1 Å². The van der Waals surface area contributed by atoms with Crippen LogP contribution < -0.4 is 16.0 Å². The van der Waals surface area contributed by atoms with Gasteiger partial charge in [0.1, 0.15) is 0 Å². The number of nitrogens with one attached hydrogen (secondary N) is 1. The van der Waals surface area contributed by atoms with E-state index in [9.17, 15) is 4.79 Å². The third-order valence-corrected chi connectivity index (χ3v) is 2.33. The molecule has 94 valence electrons. The summed E-state index contributed by atoms with van der Waals surface area (Å²) >= 11 is 0. The van der Waals surface area contributed by atoms with E-state index in [4.69, 9.17) is 5.73 Å². The van der Waals surface area contributed by atoms with Crippen molar-refractivity contribution in [3.05, 3.63) is 18.5 Å². The van der Waals surface area contributed by atoms with Crippen molar-refractivity contribution < 1.29 is 4.79 Å². The molecule has 1 aromatic heterocycles. The minimum Gasteiger partial charge on any atom is -0.396 e. The maximum atomic E-state index is 11.6. The van der Waals surface area contributed by atoms with Crippen LogP contribution in [-0.2, 0) is 4.79 Å². The third kappa shape index (κ3) is 4.30. The number of aromatic nitrogens is 1. The van der Waals surface area contributed by atoms with Gasteiger partial charge in [-0.1, -0.05) is 13.8 Å². The summed E-state index contributed by atoms with van der Waals surface area (Å²) in [6, 6.07) is 1.80. The number of anilines is 2. The maximum absolute atomic E-state index is 11.6. The Balaban J connectivity index is 2.52. The molecule has 3 N–H and O–H groups in total. The molecule has 0 radical (unpaired) electrons. The smallest absolute Gasteiger partial charge is 0.239 e. The fraction of sp³-hybridized carbons (Fsp3) is 0.500. The van der Waals surface area contributed by atoms with Crippen molar-refractivity contribution in [1.29, 1.82) is 0 Å². The van der Waals surface area contributed by atoms with Gasteiger partial charge in [-0.25, -0.2) is 0 Å². The predicted octanol–water partition coefficient (Wildman–Crippen LogP) is 0.872. The fourth-order valence-corrected chi connectivity index (χ4v) is 1.42. The second-order valence-corrected chi connectivity index (χ2v) is 4.49. The number of rotatable bonds is 5. The van der Waals surface area contributed by atoms with E-state index in [0.29, 0.717) is 24.7 Å². The van der Waals surface area contributed by atoms with Crippen molar-refractivity contribution >= 4 is 17.3 Å². The number of hydrogen-bond donors (Lipinski definition) is 2. The quantitative estimate of drug-likeness (QED) is 0.796. The Kier molecular flexibility index (Phi) is 4.75. The van der Waals surface area contributed by atoms with E-state index >= 15 is 0 Å². The lowest BCUT2D eigenvalue weighted by molar-refractivity contribution is -0.119. The van der Waals surface area contributed by atoms with Crippen LogP contribution in [0.1, 0.15) is 13.8 Å². The van der Waals surface area contributed by atoms with Crippen LogP contribution >= 0.6 is 0 Å². The SMILES string of the molecule is CC(C)CNC(=O)CN(C)c1ccncc1N. The predicted molar refractivity (Wildman–Crippen MR) is 69.8 cm³/mol. The summed E-state index contributed by atoms with van der Waals surface area (Å²) in [5.74, 6) is 0.452. The molecule has 0 spiro atoms. The minimum absolute atomic E-state index is 0.00240. The van der Waals surface area contributed by atoms with Crippen LogP contribution in [0.25, 0.3) is 0 Å². The summed E-state index contributed by atoms with van der Waals surface area (Å²) in [4.78, 5) is 17.4. The Morgan fingerprint density at radius 3 is 2.88 bits per heavy atom. The number of likely N-dealkylation sites (N-methyl/N-ethyl adjacent to an activating group) is 1. The summed E-state index contributed by atoms with van der Waals surface area (Å²) in [6.45, 7) is 5.11.